The molecule has 0 atom stereocenters. The first-order valence-corrected chi connectivity index (χ1v) is 11.4. The zero-order valence-corrected chi connectivity index (χ0v) is 18.8. The second-order valence-electron chi connectivity index (χ2n) is 7.93. The number of thioether (sulfide) groups is 1. The number of nitro groups is 1. The Kier molecular flexibility index (Phi) is 5.22. The van der Waals surface area contributed by atoms with Crippen LogP contribution in [0.25, 0.3) is 27.6 Å². The van der Waals surface area contributed by atoms with Crippen molar-refractivity contribution in [2.75, 3.05) is 0 Å². The Morgan fingerprint density at radius 3 is 2.70 bits per heavy atom. The van der Waals surface area contributed by atoms with Crippen molar-refractivity contribution in [1.82, 2.24) is 14.5 Å². The third-order valence-electron chi connectivity index (χ3n) is 5.59. The SMILES string of the molecule is Cc1ccc(C)c(-n2c(SCc3cccc([N+](=O)[O-])c3)nc3c([nH]c4ccccc43)c2=O)c1. The highest BCUT2D eigenvalue weighted by Gasteiger charge is 2.19. The number of aromatic nitrogens is 3. The zero-order chi connectivity index (χ0) is 23.1. The summed E-state index contributed by atoms with van der Waals surface area (Å²) in [5.74, 6) is 0.437. The largest absolute Gasteiger partial charge is 0.349 e. The fourth-order valence-electron chi connectivity index (χ4n) is 3.92. The number of hydrogen-bond acceptors (Lipinski definition) is 5. The second-order valence-corrected chi connectivity index (χ2v) is 8.88. The molecule has 0 aliphatic rings. The molecule has 2 heterocycles. The van der Waals surface area contributed by atoms with E-state index in [1.54, 1.807) is 16.7 Å². The smallest absolute Gasteiger partial charge is 0.283 e. The number of rotatable bonds is 5. The van der Waals surface area contributed by atoms with Crippen molar-refractivity contribution in [2.24, 2.45) is 0 Å². The number of nitro benzene ring substituents is 1. The highest BCUT2D eigenvalue weighted by Crippen LogP contribution is 2.29. The molecule has 0 unspecified atom stereocenters. The molecule has 0 bridgehead atoms. The van der Waals surface area contributed by atoms with Gasteiger partial charge < -0.3 is 4.98 Å². The van der Waals surface area contributed by atoms with Crippen LogP contribution in [0.3, 0.4) is 0 Å². The second kappa shape index (κ2) is 8.22. The van der Waals surface area contributed by atoms with E-state index in [-0.39, 0.29) is 11.2 Å². The molecule has 0 aliphatic heterocycles. The van der Waals surface area contributed by atoms with Crippen LogP contribution in [0.4, 0.5) is 5.69 Å². The lowest BCUT2D eigenvalue weighted by Gasteiger charge is -2.15. The first-order valence-electron chi connectivity index (χ1n) is 10.4. The van der Waals surface area contributed by atoms with Crippen LogP contribution in [0.15, 0.2) is 76.7 Å². The van der Waals surface area contributed by atoms with E-state index in [0.29, 0.717) is 21.9 Å². The molecule has 5 rings (SSSR count). The average Bonchev–Trinajstić information content (AvgIpc) is 3.19. The van der Waals surface area contributed by atoms with Crippen molar-refractivity contribution in [3.8, 4) is 5.69 Å². The highest BCUT2D eigenvalue weighted by molar-refractivity contribution is 7.98. The Bertz CT molecular complexity index is 1600. The molecular weight excluding hydrogens is 436 g/mol. The lowest BCUT2D eigenvalue weighted by Crippen LogP contribution is -2.22. The number of fused-ring (bicyclic) bond motifs is 3. The Balaban J connectivity index is 1.70. The van der Waals surface area contributed by atoms with Gasteiger partial charge in [0.05, 0.1) is 10.6 Å². The van der Waals surface area contributed by atoms with Crippen molar-refractivity contribution in [1.29, 1.82) is 0 Å². The Morgan fingerprint density at radius 2 is 1.88 bits per heavy atom. The predicted octanol–water partition coefficient (Wildman–Crippen LogP) is 5.68. The summed E-state index contributed by atoms with van der Waals surface area (Å²) >= 11 is 1.39. The molecule has 2 aromatic heterocycles. The predicted molar refractivity (Wildman–Crippen MR) is 131 cm³/mol. The van der Waals surface area contributed by atoms with Gasteiger partial charge in [0.15, 0.2) is 5.16 Å². The minimum atomic E-state index is -0.406. The van der Waals surface area contributed by atoms with Crippen LogP contribution < -0.4 is 5.56 Å². The molecule has 0 fully saturated rings. The first-order chi connectivity index (χ1) is 15.9. The summed E-state index contributed by atoms with van der Waals surface area (Å²) in [7, 11) is 0. The van der Waals surface area contributed by atoms with Crippen LogP contribution in [-0.2, 0) is 5.75 Å². The van der Waals surface area contributed by atoms with E-state index in [4.69, 9.17) is 4.98 Å². The molecule has 0 spiro atoms. The third kappa shape index (κ3) is 3.78. The van der Waals surface area contributed by atoms with Gasteiger partial charge in [-0.2, -0.15) is 0 Å². The fourth-order valence-corrected chi connectivity index (χ4v) is 4.86. The lowest BCUT2D eigenvalue weighted by molar-refractivity contribution is -0.384. The van der Waals surface area contributed by atoms with Crippen LogP contribution in [0.1, 0.15) is 16.7 Å². The van der Waals surface area contributed by atoms with Gasteiger partial charge in [0.2, 0.25) is 0 Å². The summed E-state index contributed by atoms with van der Waals surface area (Å²) in [6, 6.07) is 20.2. The quantitative estimate of drug-likeness (QED) is 0.159. The van der Waals surface area contributed by atoms with Crippen LogP contribution in [0.2, 0.25) is 0 Å². The van der Waals surface area contributed by atoms with Gasteiger partial charge in [0.1, 0.15) is 11.0 Å². The van der Waals surface area contributed by atoms with Crippen molar-refractivity contribution in [2.45, 2.75) is 24.8 Å². The van der Waals surface area contributed by atoms with E-state index >= 15 is 0 Å². The molecule has 7 nitrogen and oxygen atoms in total. The topological polar surface area (TPSA) is 93.8 Å². The van der Waals surface area contributed by atoms with Gasteiger partial charge in [-0.3, -0.25) is 19.5 Å². The van der Waals surface area contributed by atoms with Gasteiger partial charge in [0.25, 0.3) is 11.2 Å². The first kappa shape index (κ1) is 21.0. The maximum absolute atomic E-state index is 13.7. The number of aromatic amines is 1. The molecule has 8 heteroatoms. The summed E-state index contributed by atoms with van der Waals surface area (Å²) in [6.07, 6.45) is 0. The summed E-state index contributed by atoms with van der Waals surface area (Å²) in [4.78, 5) is 32.6. The van der Waals surface area contributed by atoms with E-state index < -0.39 is 4.92 Å². The summed E-state index contributed by atoms with van der Waals surface area (Å²) in [6.45, 7) is 3.95. The minimum Gasteiger partial charge on any atom is -0.349 e. The molecule has 1 N–H and O–H groups in total. The lowest BCUT2D eigenvalue weighted by atomic mass is 10.1. The standard InChI is InChI=1S/C25H20N4O3S/c1-15-10-11-16(2)21(12-15)28-24(30)23-22(19-8-3-4-9-20(19)26-23)27-25(28)33-14-17-6-5-7-18(13-17)29(31)32/h3-13,26H,14H2,1-2H3. The van der Waals surface area contributed by atoms with Crippen LogP contribution in [0.5, 0.6) is 0 Å². The van der Waals surface area contributed by atoms with E-state index in [1.165, 1.54) is 17.8 Å². The molecule has 0 amide bonds. The third-order valence-corrected chi connectivity index (χ3v) is 6.60. The van der Waals surface area contributed by atoms with Crippen molar-refractivity contribution >= 4 is 39.4 Å². The molecule has 0 radical (unpaired) electrons. The summed E-state index contributed by atoms with van der Waals surface area (Å²) < 4.78 is 1.64. The molecule has 0 aliphatic carbocycles. The van der Waals surface area contributed by atoms with Crippen LogP contribution in [0, 0.1) is 24.0 Å². The van der Waals surface area contributed by atoms with Crippen molar-refractivity contribution < 1.29 is 4.92 Å². The number of nitrogens with one attached hydrogen (secondary N) is 1. The Hall–Kier alpha value is -3.91. The van der Waals surface area contributed by atoms with E-state index in [2.05, 4.69) is 4.98 Å². The van der Waals surface area contributed by atoms with Gasteiger partial charge in [0, 0.05) is 28.8 Å². The molecule has 0 saturated carbocycles. The zero-order valence-electron chi connectivity index (χ0n) is 18.0. The minimum absolute atomic E-state index is 0.0417. The average molecular weight is 457 g/mol. The number of benzene rings is 3. The van der Waals surface area contributed by atoms with Crippen molar-refractivity contribution in [3.05, 3.63) is 104 Å². The monoisotopic (exact) mass is 456 g/mol. The molecule has 0 saturated heterocycles. The molecule has 164 valence electrons. The normalized spacial score (nSPS) is 11.3. The maximum Gasteiger partial charge on any atom is 0.283 e. The van der Waals surface area contributed by atoms with Gasteiger partial charge >= 0.3 is 0 Å². The number of hydrogen-bond donors (Lipinski definition) is 1. The van der Waals surface area contributed by atoms with Crippen LogP contribution in [-0.4, -0.2) is 19.5 Å². The number of non-ortho nitro benzene ring substituents is 1. The number of nitrogens with zero attached hydrogens (tertiary/aromatic N) is 3. The number of para-hydroxylation sites is 1. The van der Waals surface area contributed by atoms with E-state index in [0.717, 1.165) is 33.3 Å². The maximum atomic E-state index is 13.7. The highest BCUT2D eigenvalue weighted by atomic mass is 32.2. The van der Waals surface area contributed by atoms with Gasteiger partial charge in [-0.25, -0.2) is 4.98 Å². The summed E-state index contributed by atoms with van der Waals surface area (Å²) in [5, 5.41) is 12.6. The fraction of sp³-hybridized carbons (Fsp3) is 0.120. The Labute approximate surface area is 193 Å². The number of H-pyrrole nitrogens is 1. The van der Waals surface area contributed by atoms with Crippen molar-refractivity contribution in [3.63, 3.8) is 0 Å². The van der Waals surface area contributed by atoms with Gasteiger partial charge in [-0.05, 0) is 42.7 Å². The van der Waals surface area contributed by atoms with Crippen LogP contribution >= 0.6 is 11.8 Å². The molecule has 33 heavy (non-hydrogen) atoms. The Morgan fingerprint density at radius 1 is 1.06 bits per heavy atom. The number of aryl methyl sites for hydroxylation is 2. The molecule has 5 aromatic rings. The van der Waals surface area contributed by atoms with E-state index in [1.807, 2.05) is 62.4 Å². The molecular formula is C25H20N4O3S. The van der Waals surface area contributed by atoms with Gasteiger partial charge in [-0.15, -0.1) is 0 Å². The molecule has 3 aromatic carbocycles. The van der Waals surface area contributed by atoms with Gasteiger partial charge in [-0.1, -0.05) is 54.2 Å². The van der Waals surface area contributed by atoms with E-state index in [9.17, 15) is 14.9 Å². The summed E-state index contributed by atoms with van der Waals surface area (Å²) in [5.41, 5.74) is 5.35.